The van der Waals surface area contributed by atoms with Gasteiger partial charge >= 0.3 is 5.97 Å². The minimum absolute atomic E-state index is 0.262. The van der Waals surface area contributed by atoms with Crippen LogP contribution in [0.1, 0.15) is 34.6 Å². The van der Waals surface area contributed by atoms with Crippen molar-refractivity contribution in [2.75, 3.05) is 0 Å². The van der Waals surface area contributed by atoms with Gasteiger partial charge in [-0.2, -0.15) is 0 Å². The maximum Gasteiger partial charge on any atom is 0.349 e. The van der Waals surface area contributed by atoms with Crippen LogP contribution in [0.3, 0.4) is 0 Å². The van der Waals surface area contributed by atoms with Crippen molar-refractivity contribution in [2.45, 2.75) is 19.4 Å². The second-order valence-electron chi connectivity index (χ2n) is 5.94. The molecule has 1 heterocycles. The van der Waals surface area contributed by atoms with Gasteiger partial charge in [0, 0.05) is 12.9 Å². The van der Waals surface area contributed by atoms with Gasteiger partial charge in [0.2, 0.25) is 11.6 Å². The molecule has 0 aromatic heterocycles. The molecular formula is C18H14O5S. The molecule has 0 atom stereocenters. The van der Waals surface area contributed by atoms with Gasteiger partial charge in [-0.1, -0.05) is 18.2 Å². The third-order valence-electron chi connectivity index (χ3n) is 3.88. The topological polar surface area (TPSA) is 69.7 Å². The number of carbonyl (C=O) groups is 3. The first-order valence-corrected chi connectivity index (χ1v) is 7.58. The number of carbonyl (C=O) groups excluding carboxylic acids is 3. The van der Waals surface area contributed by atoms with Crippen LogP contribution in [0.5, 0.6) is 5.75 Å². The van der Waals surface area contributed by atoms with Crippen LogP contribution in [-0.4, -0.2) is 23.1 Å². The van der Waals surface area contributed by atoms with E-state index < -0.39 is 23.1 Å². The zero-order valence-corrected chi connectivity index (χ0v) is 13.9. The Morgan fingerprint density at radius 2 is 1.67 bits per heavy atom. The first-order chi connectivity index (χ1) is 11.3. The van der Waals surface area contributed by atoms with Gasteiger partial charge in [-0.15, -0.1) is 0 Å². The lowest BCUT2D eigenvalue weighted by Gasteiger charge is -2.30. The van der Waals surface area contributed by atoms with Gasteiger partial charge < -0.3 is 8.92 Å². The summed E-state index contributed by atoms with van der Waals surface area (Å²) in [6, 6.07) is 11.8. The van der Waals surface area contributed by atoms with Crippen molar-refractivity contribution in [3.63, 3.8) is 0 Å². The lowest BCUT2D eigenvalue weighted by Crippen LogP contribution is -2.46. The average Bonchev–Trinajstić information content (AvgIpc) is 2.58. The van der Waals surface area contributed by atoms with E-state index in [1.165, 1.54) is 0 Å². The molecule has 0 amide bonds. The molecule has 1 aliphatic heterocycles. The molecule has 1 aliphatic rings. The Kier molecular flexibility index (Phi) is 3.93. The Balaban J connectivity index is 1.99. The minimum Gasteiger partial charge on any atom is -0.479 e. The third kappa shape index (κ3) is 2.69. The highest BCUT2D eigenvalue weighted by atomic mass is 32.1. The molecule has 3 rings (SSSR count). The molecule has 0 fully saturated rings. The number of thiol groups is 1. The summed E-state index contributed by atoms with van der Waals surface area (Å²) in [5.74, 6) is -1.26. The monoisotopic (exact) mass is 342 g/mol. The zero-order chi connectivity index (χ0) is 17.5. The predicted molar refractivity (Wildman–Crippen MR) is 90.3 cm³/mol. The molecule has 0 saturated heterocycles. The van der Waals surface area contributed by atoms with Crippen molar-refractivity contribution in [3.05, 3.63) is 53.6 Å². The van der Waals surface area contributed by atoms with E-state index in [1.807, 2.05) is 0 Å². The third-order valence-corrected chi connectivity index (χ3v) is 4.05. The van der Waals surface area contributed by atoms with Gasteiger partial charge in [-0.3, -0.25) is 9.59 Å². The van der Waals surface area contributed by atoms with E-state index in [9.17, 15) is 14.4 Å². The van der Waals surface area contributed by atoms with Crippen LogP contribution >= 0.6 is 12.9 Å². The van der Waals surface area contributed by atoms with E-state index in [0.29, 0.717) is 11.3 Å². The number of ether oxygens (including phenoxy) is 1. The molecule has 0 N–H and O–H groups in total. The van der Waals surface area contributed by atoms with Crippen molar-refractivity contribution in [1.29, 1.82) is 0 Å². The molecule has 0 radical (unpaired) electrons. The van der Waals surface area contributed by atoms with Crippen molar-refractivity contribution in [1.82, 2.24) is 0 Å². The molecule has 2 aromatic rings. The van der Waals surface area contributed by atoms with Crippen LogP contribution in [-0.2, 0) is 8.98 Å². The fourth-order valence-electron chi connectivity index (χ4n) is 2.54. The molecule has 5 nitrogen and oxygen atoms in total. The van der Waals surface area contributed by atoms with Crippen molar-refractivity contribution in [2.24, 2.45) is 0 Å². The van der Waals surface area contributed by atoms with Gasteiger partial charge in [-0.05, 0) is 49.2 Å². The van der Waals surface area contributed by atoms with Crippen molar-refractivity contribution in [3.8, 4) is 16.9 Å². The van der Waals surface area contributed by atoms with E-state index in [4.69, 9.17) is 4.74 Å². The second-order valence-corrected chi connectivity index (χ2v) is 6.12. The van der Waals surface area contributed by atoms with Crippen molar-refractivity contribution >= 4 is 30.4 Å². The van der Waals surface area contributed by atoms with Crippen LogP contribution < -0.4 is 4.74 Å². The Labute approximate surface area is 144 Å². The Morgan fingerprint density at radius 3 is 2.29 bits per heavy atom. The molecule has 0 aliphatic carbocycles. The van der Waals surface area contributed by atoms with Gasteiger partial charge in [0.25, 0.3) is 0 Å². The Bertz CT molecular complexity index is 852. The van der Waals surface area contributed by atoms with Crippen LogP contribution in [0.15, 0.2) is 42.5 Å². The van der Waals surface area contributed by atoms with Gasteiger partial charge in [0.15, 0.2) is 5.60 Å². The number of rotatable bonds is 2. The average molecular weight is 342 g/mol. The first-order valence-electron chi connectivity index (χ1n) is 7.22. The summed E-state index contributed by atoms with van der Waals surface area (Å²) in [6.45, 7) is 3.14. The summed E-state index contributed by atoms with van der Waals surface area (Å²) in [4.78, 5) is 35.5. The Morgan fingerprint density at radius 1 is 1.04 bits per heavy atom. The quantitative estimate of drug-likeness (QED) is 0.515. The lowest BCUT2D eigenvalue weighted by atomic mass is 9.90. The number of Topliss-reactive ketones (excluding diaryl/α,β-unsaturated/α-hetero) is 2. The highest BCUT2D eigenvalue weighted by molar-refractivity contribution is 7.75. The molecule has 0 saturated carbocycles. The smallest absolute Gasteiger partial charge is 0.349 e. The number of benzene rings is 2. The minimum atomic E-state index is -1.18. The van der Waals surface area contributed by atoms with E-state index in [0.717, 1.165) is 11.1 Å². The molecule has 0 unspecified atom stereocenters. The summed E-state index contributed by atoms with van der Waals surface area (Å²) in [5, 5.41) is 0. The number of hydrogen-bond donors (Lipinski definition) is 1. The summed E-state index contributed by atoms with van der Waals surface area (Å²) >= 11 is 3.48. The highest BCUT2D eigenvalue weighted by Crippen LogP contribution is 2.34. The molecular weight excluding hydrogens is 328 g/mol. The molecule has 2 aromatic carbocycles. The number of hydrogen-bond acceptors (Lipinski definition) is 6. The lowest BCUT2D eigenvalue weighted by molar-refractivity contribution is -0.128. The normalized spacial score (nSPS) is 15.5. The molecule has 6 heteroatoms. The maximum absolute atomic E-state index is 12.1. The van der Waals surface area contributed by atoms with E-state index in [1.54, 1.807) is 56.3 Å². The fourth-order valence-corrected chi connectivity index (χ4v) is 2.65. The molecule has 24 heavy (non-hydrogen) atoms. The van der Waals surface area contributed by atoms with Crippen molar-refractivity contribution < 1.29 is 23.3 Å². The Hall–Kier alpha value is -2.60. The van der Waals surface area contributed by atoms with Crippen LogP contribution in [0.4, 0.5) is 0 Å². The first kappa shape index (κ1) is 16.3. The van der Waals surface area contributed by atoms with Gasteiger partial charge in [0.1, 0.15) is 5.75 Å². The summed E-state index contributed by atoms with van der Waals surface area (Å²) in [7, 11) is 0. The summed E-state index contributed by atoms with van der Waals surface area (Å²) in [5.41, 5.74) is 1.10. The van der Waals surface area contributed by atoms with Gasteiger partial charge in [0.05, 0.1) is 11.1 Å². The SMILES string of the molecule is CC1(C)Oc2cc(-c3ccc(C(=O)OS)cc3)ccc2C(=O)C1=O. The molecule has 122 valence electrons. The zero-order valence-electron chi connectivity index (χ0n) is 13.0. The van der Waals surface area contributed by atoms with Gasteiger partial charge in [-0.25, -0.2) is 4.79 Å². The summed E-state index contributed by atoms with van der Waals surface area (Å²) < 4.78 is 10.1. The number of ketones is 2. The standard InChI is InChI=1S/C18H14O5S/c1-18(2)16(20)15(19)13-8-7-12(9-14(13)22-18)10-3-5-11(6-4-10)17(21)23-24/h3-9,24H,1-2H3. The molecule has 0 spiro atoms. The second kappa shape index (κ2) is 5.79. The highest BCUT2D eigenvalue weighted by Gasteiger charge is 2.41. The predicted octanol–water partition coefficient (Wildman–Crippen LogP) is 3.28. The molecule has 0 bridgehead atoms. The van der Waals surface area contributed by atoms with E-state index in [2.05, 4.69) is 17.1 Å². The van der Waals surface area contributed by atoms with Crippen LogP contribution in [0, 0.1) is 0 Å². The number of fused-ring (bicyclic) bond motifs is 1. The van der Waals surface area contributed by atoms with E-state index in [-0.39, 0.29) is 5.56 Å². The fraction of sp³-hybridized carbons (Fsp3) is 0.167. The van der Waals surface area contributed by atoms with Crippen LogP contribution in [0.2, 0.25) is 0 Å². The van der Waals surface area contributed by atoms with E-state index >= 15 is 0 Å². The summed E-state index contributed by atoms with van der Waals surface area (Å²) in [6.07, 6.45) is 0. The van der Waals surface area contributed by atoms with Crippen LogP contribution in [0.25, 0.3) is 11.1 Å². The largest absolute Gasteiger partial charge is 0.479 e. The maximum atomic E-state index is 12.1.